The standard InChI is InChI=1S/C13H17ClN4O/c1-3-6-18-13(11(19-2)8-17-18)12(15)10-5-4-9(14)7-16-10/h4-5,7-8,12H,3,6,15H2,1-2H3. The van der Waals surface area contributed by atoms with Crippen molar-refractivity contribution in [3.63, 3.8) is 0 Å². The van der Waals surface area contributed by atoms with Crippen molar-refractivity contribution in [1.82, 2.24) is 14.8 Å². The van der Waals surface area contributed by atoms with Crippen LogP contribution in [0.25, 0.3) is 0 Å². The predicted octanol–water partition coefficient (Wildman–Crippen LogP) is 2.40. The van der Waals surface area contributed by atoms with Crippen LogP contribution in [0.1, 0.15) is 30.8 Å². The lowest BCUT2D eigenvalue weighted by atomic mass is 10.1. The Kier molecular flexibility index (Phi) is 4.39. The van der Waals surface area contributed by atoms with Crippen LogP contribution in [0, 0.1) is 0 Å². The first-order chi connectivity index (χ1) is 9.17. The minimum atomic E-state index is -0.388. The minimum Gasteiger partial charge on any atom is -0.493 e. The van der Waals surface area contributed by atoms with Gasteiger partial charge in [0.1, 0.15) is 5.69 Å². The van der Waals surface area contributed by atoms with E-state index in [1.165, 1.54) is 0 Å². The Morgan fingerprint density at radius 1 is 1.42 bits per heavy atom. The van der Waals surface area contributed by atoms with E-state index in [1.807, 2.05) is 10.7 Å². The monoisotopic (exact) mass is 280 g/mol. The van der Waals surface area contributed by atoms with Crippen LogP contribution < -0.4 is 10.5 Å². The number of hydrogen-bond donors (Lipinski definition) is 1. The van der Waals surface area contributed by atoms with Crippen LogP contribution in [0.2, 0.25) is 5.02 Å². The summed E-state index contributed by atoms with van der Waals surface area (Å²) in [5, 5.41) is 4.89. The van der Waals surface area contributed by atoms with E-state index >= 15 is 0 Å². The molecule has 0 aliphatic carbocycles. The van der Waals surface area contributed by atoms with Crippen molar-refractivity contribution in [2.75, 3.05) is 7.11 Å². The maximum absolute atomic E-state index is 6.27. The van der Waals surface area contributed by atoms with Crippen molar-refractivity contribution < 1.29 is 4.74 Å². The second-order valence-electron chi connectivity index (χ2n) is 4.20. The molecule has 6 heteroatoms. The zero-order valence-corrected chi connectivity index (χ0v) is 11.8. The summed E-state index contributed by atoms with van der Waals surface area (Å²) < 4.78 is 7.18. The topological polar surface area (TPSA) is 66.0 Å². The summed E-state index contributed by atoms with van der Waals surface area (Å²) in [7, 11) is 1.61. The first-order valence-corrected chi connectivity index (χ1v) is 6.51. The molecule has 0 aromatic carbocycles. The highest BCUT2D eigenvalue weighted by atomic mass is 35.5. The third kappa shape index (κ3) is 2.88. The van der Waals surface area contributed by atoms with Gasteiger partial charge in [-0.15, -0.1) is 0 Å². The molecule has 0 fully saturated rings. The summed E-state index contributed by atoms with van der Waals surface area (Å²) in [5.74, 6) is 0.678. The molecule has 0 saturated carbocycles. The Hall–Kier alpha value is -1.59. The average Bonchev–Trinajstić information content (AvgIpc) is 2.82. The van der Waals surface area contributed by atoms with Crippen molar-refractivity contribution in [1.29, 1.82) is 0 Å². The quantitative estimate of drug-likeness (QED) is 0.913. The van der Waals surface area contributed by atoms with Crippen molar-refractivity contribution in [3.8, 4) is 5.75 Å². The van der Waals surface area contributed by atoms with Gasteiger partial charge in [0, 0.05) is 12.7 Å². The van der Waals surface area contributed by atoms with Crippen LogP contribution in [-0.4, -0.2) is 21.9 Å². The number of nitrogens with zero attached hydrogens (tertiary/aromatic N) is 3. The van der Waals surface area contributed by atoms with E-state index < -0.39 is 0 Å². The normalized spacial score (nSPS) is 12.4. The van der Waals surface area contributed by atoms with Gasteiger partial charge in [0.2, 0.25) is 0 Å². The first kappa shape index (κ1) is 13.8. The molecule has 19 heavy (non-hydrogen) atoms. The first-order valence-electron chi connectivity index (χ1n) is 6.14. The van der Waals surface area contributed by atoms with Gasteiger partial charge in [-0.05, 0) is 18.6 Å². The summed E-state index contributed by atoms with van der Waals surface area (Å²) in [6, 6.07) is 3.20. The number of methoxy groups -OCH3 is 1. The second-order valence-corrected chi connectivity index (χ2v) is 4.64. The Balaban J connectivity index is 2.38. The van der Waals surface area contributed by atoms with Gasteiger partial charge in [-0.3, -0.25) is 9.67 Å². The Bertz CT molecular complexity index is 538. The van der Waals surface area contributed by atoms with Crippen LogP contribution in [-0.2, 0) is 6.54 Å². The summed E-state index contributed by atoms with van der Waals surface area (Å²) in [5.41, 5.74) is 7.84. The lowest BCUT2D eigenvalue weighted by Crippen LogP contribution is -2.19. The van der Waals surface area contributed by atoms with Gasteiger partial charge in [0.05, 0.1) is 30.1 Å². The van der Waals surface area contributed by atoms with Crippen molar-refractivity contribution in [3.05, 3.63) is 40.9 Å². The largest absolute Gasteiger partial charge is 0.493 e. The molecule has 2 aromatic heterocycles. The number of nitrogens with two attached hydrogens (primary N) is 1. The lowest BCUT2D eigenvalue weighted by Gasteiger charge is -2.15. The van der Waals surface area contributed by atoms with Crippen molar-refractivity contribution in [2.24, 2.45) is 5.73 Å². The molecule has 0 aliphatic heterocycles. The summed E-state index contributed by atoms with van der Waals surface area (Å²) in [6.07, 6.45) is 4.24. The van der Waals surface area contributed by atoms with Gasteiger partial charge in [-0.2, -0.15) is 5.10 Å². The summed E-state index contributed by atoms with van der Waals surface area (Å²) >= 11 is 5.84. The van der Waals surface area contributed by atoms with Gasteiger partial charge in [0.15, 0.2) is 5.75 Å². The molecule has 0 saturated heterocycles. The van der Waals surface area contributed by atoms with Gasteiger partial charge in [0.25, 0.3) is 0 Å². The maximum Gasteiger partial charge on any atom is 0.161 e. The molecule has 2 heterocycles. The number of halogens is 1. The highest BCUT2D eigenvalue weighted by Gasteiger charge is 2.21. The molecular formula is C13H17ClN4O. The van der Waals surface area contributed by atoms with Gasteiger partial charge in [-0.25, -0.2) is 0 Å². The van der Waals surface area contributed by atoms with E-state index in [2.05, 4.69) is 17.0 Å². The molecular weight excluding hydrogens is 264 g/mol. The third-order valence-corrected chi connectivity index (χ3v) is 3.09. The van der Waals surface area contributed by atoms with Gasteiger partial charge >= 0.3 is 0 Å². The van der Waals surface area contributed by atoms with Crippen LogP contribution in [0.15, 0.2) is 24.5 Å². The smallest absolute Gasteiger partial charge is 0.161 e. The number of aryl methyl sites for hydroxylation is 1. The van der Waals surface area contributed by atoms with Crippen LogP contribution in [0.5, 0.6) is 5.75 Å². The van der Waals surface area contributed by atoms with Crippen molar-refractivity contribution >= 4 is 11.6 Å². The second kappa shape index (κ2) is 6.04. The number of pyridine rings is 1. The van der Waals surface area contributed by atoms with Crippen LogP contribution >= 0.6 is 11.6 Å². The molecule has 0 spiro atoms. The highest BCUT2D eigenvalue weighted by molar-refractivity contribution is 6.30. The average molecular weight is 281 g/mol. The number of rotatable bonds is 5. The fraction of sp³-hybridized carbons (Fsp3) is 0.385. The fourth-order valence-electron chi connectivity index (χ4n) is 1.95. The molecule has 1 atom stereocenters. The lowest BCUT2D eigenvalue weighted by molar-refractivity contribution is 0.403. The van der Waals surface area contributed by atoms with Crippen molar-refractivity contribution in [2.45, 2.75) is 25.9 Å². The number of hydrogen-bond acceptors (Lipinski definition) is 4. The Morgan fingerprint density at radius 3 is 2.79 bits per heavy atom. The zero-order chi connectivity index (χ0) is 13.8. The predicted molar refractivity (Wildman–Crippen MR) is 74.3 cm³/mol. The molecule has 102 valence electrons. The van der Waals surface area contributed by atoms with Gasteiger partial charge in [-0.1, -0.05) is 18.5 Å². The minimum absolute atomic E-state index is 0.388. The molecule has 0 radical (unpaired) electrons. The van der Waals surface area contributed by atoms with Crippen LogP contribution in [0.3, 0.4) is 0 Å². The van der Waals surface area contributed by atoms with E-state index in [9.17, 15) is 0 Å². The Morgan fingerprint density at radius 2 is 2.21 bits per heavy atom. The van der Waals surface area contributed by atoms with Gasteiger partial charge < -0.3 is 10.5 Å². The number of ether oxygens (including phenoxy) is 1. The molecule has 0 amide bonds. The van der Waals surface area contributed by atoms with E-state index in [1.54, 1.807) is 25.6 Å². The van der Waals surface area contributed by atoms with Crippen LogP contribution in [0.4, 0.5) is 0 Å². The Labute approximate surface area is 117 Å². The van der Waals surface area contributed by atoms with E-state index in [0.29, 0.717) is 10.8 Å². The molecule has 0 bridgehead atoms. The van der Waals surface area contributed by atoms with E-state index in [4.69, 9.17) is 22.1 Å². The van der Waals surface area contributed by atoms with E-state index in [0.717, 1.165) is 24.4 Å². The molecule has 2 aromatic rings. The molecule has 2 N–H and O–H groups in total. The fourth-order valence-corrected chi connectivity index (χ4v) is 2.06. The molecule has 1 unspecified atom stereocenters. The number of aromatic nitrogens is 3. The summed E-state index contributed by atoms with van der Waals surface area (Å²) in [6.45, 7) is 2.88. The highest BCUT2D eigenvalue weighted by Crippen LogP contribution is 2.27. The SMILES string of the molecule is CCCn1ncc(OC)c1C(N)c1ccc(Cl)cn1. The van der Waals surface area contributed by atoms with E-state index in [-0.39, 0.29) is 6.04 Å². The maximum atomic E-state index is 6.27. The molecule has 0 aliphatic rings. The summed E-state index contributed by atoms with van der Waals surface area (Å²) in [4.78, 5) is 4.26. The third-order valence-electron chi connectivity index (χ3n) is 2.86. The molecule has 5 nitrogen and oxygen atoms in total. The molecule has 2 rings (SSSR count). The zero-order valence-electron chi connectivity index (χ0n) is 11.0.